The van der Waals surface area contributed by atoms with E-state index in [4.69, 9.17) is 4.74 Å². The van der Waals surface area contributed by atoms with E-state index in [0.717, 1.165) is 14.3 Å². The van der Waals surface area contributed by atoms with Crippen LogP contribution in [0, 0.1) is 0 Å². The number of rotatable bonds is 4. The summed E-state index contributed by atoms with van der Waals surface area (Å²) >= 11 is 0. The number of para-hydroxylation sites is 1. The largest absolute Gasteiger partial charge is 0.489 e. The first-order valence-corrected chi connectivity index (χ1v) is 6.83. The fraction of sp³-hybridized carbons (Fsp3) is 0.143. The van der Waals surface area contributed by atoms with Gasteiger partial charge in [-0.2, -0.15) is 0 Å². The second-order valence-corrected chi connectivity index (χ2v) is 4.63. The molecule has 82 valence electrons. The molecule has 0 aliphatic rings. The number of ether oxygens (including phenoxy) is 1. The summed E-state index contributed by atoms with van der Waals surface area (Å²) in [5, 5.41) is 1.38. The van der Waals surface area contributed by atoms with Crippen molar-refractivity contribution in [3.05, 3.63) is 60.2 Å². The molecule has 0 radical (unpaired) electrons. The van der Waals surface area contributed by atoms with E-state index < -0.39 is 0 Å². The molecular weight excluding hydrogens is 215 g/mol. The Labute approximate surface area is 98.2 Å². The van der Waals surface area contributed by atoms with Crippen LogP contribution in [0.5, 0.6) is 5.75 Å². The average molecular weight is 230 g/mol. The van der Waals surface area contributed by atoms with Crippen LogP contribution in [0.2, 0.25) is 0 Å². The van der Waals surface area contributed by atoms with Crippen LogP contribution in [-0.4, -0.2) is 6.66 Å². The van der Waals surface area contributed by atoms with Crippen molar-refractivity contribution in [3.63, 3.8) is 0 Å². The lowest BCUT2D eigenvalue weighted by atomic mass is 10.2. The molecule has 2 aromatic rings. The second-order valence-electron chi connectivity index (χ2n) is 3.55. The summed E-state index contributed by atoms with van der Waals surface area (Å²) in [6.07, 6.45) is 0. The summed E-state index contributed by atoms with van der Waals surface area (Å²) < 4.78 is 5.69. The Hall–Kier alpha value is -1.33. The van der Waals surface area contributed by atoms with Gasteiger partial charge in [0.2, 0.25) is 0 Å². The Kier molecular flexibility index (Phi) is 3.96. The molecule has 0 heterocycles. The van der Waals surface area contributed by atoms with E-state index in [2.05, 4.69) is 30.9 Å². The molecule has 0 saturated carbocycles. The van der Waals surface area contributed by atoms with Gasteiger partial charge in [0.15, 0.2) is 0 Å². The highest BCUT2D eigenvalue weighted by Crippen LogP contribution is 2.12. The van der Waals surface area contributed by atoms with E-state index in [9.17, 15) is 0 Å². The highest BCUT2D eigenvalue weighted by atomic mass is 31.1. The molecule has 0 bridgehead atoms. The lowest BCUT2D eigenvalue weighted by Crippen LogP contribution is -2.00. The van der Waals surface area contributed by atoms with E-state index in [1.165, 1.54) is 10.9 Å². The summed E-state index contributed by atoms with van der Waals surface area (Å²) in [4.78, 5) is 0. The first-order chi connectivity index (χ1) is 7.88. The van der Waals surface area contributed by atoms with Crippen LogP contribution in [0.3, 0.4) is 0 Å². The Balaban J connectivity index is 1.99. The van der Waals surface area contributed by atoms with Crippen molar-refractivity contribution in [1.29, 1.82) is 0 Å². The van der Waals surface area contributed by atoms with Gasteiger partial charge in [-0.05, 0) is 35.7 Å². The molecule has 0 saturated heterocycles. The summed E-state index contributed by atoms with van der Waals surface area (Å²) in [6.45, 7) is 2.83. The predicted octanol–water partition coefficient (Wildman–Crippen LogP) is 3.20. The average Bonchev–Trinajstić information content (AvgIpc) is 2.38. The van der Waals surface area contributed by atoms with Crippen LogP contribution in [0.1, 0.15) is 5.56 Å². The zero-order chi connectivity index (χ0) is 11.2. The van der Waals surface area contributed by atoms with Crippen molar-refractivity contribution in [3.8, 4) is 5.75 Å². The molecule has 0 spiro atoms. The van der Waals surface area contributed by atoms with E-state index in [1.54, 1.807) is 0 Å². The Bertz CT molecular complexity index is 439. The quantitative estimate of drug-likeness (QED) is 0.733. The fourth-order valence-electron chi connectivity index (χ4n) is 1.50. The summed E-state index contributed by atoms with van der Waals surface area (Å²) in [6, 6.07) is 18.5. The number of benzene rings is 2. The van der Waals surface area contributed by atoms with Gasteiger partial charge in [0.1, 0.15) is 12.4 Å². The number of hydrogen-bond donors (Lipinski definition) is 0. The third-order valence-electron chi connectivity index (χ3n) is 2.36. The third-order valence-corrected chi connectivity index (χ3v) is 3.25. The Morgan fingerprint density at radius 3 is 2.56 bits per heavy atom. The van der Waals surface area contributed by atoms with Crippen molar-refractivity contribution in [2.75, 3.05) is 6.66 Å². The lowest BCUT2D eigenvalue weighted by molar-refractivity contribution is 0.306. The molecule has 0 aliphatic heterocycles. The van der Waals surface area contributed by atoms with Crippen molar-refractivity contribution >= 4 is 13.9 Å². The third kappa shape index (κ3) is 3.08. The highest BCUT2D eigenvalue weighted by molar-refractivity contribution is 7.46. The molecule has 0 amide bonds. The van der Waals surface area contributed by atoms with Crippen LogP contribution >= 0.6 is 8.58 Å². The van der Waals surface area contributed by atoms with Gasteiger partial charge in [0, 0.05) is 0 Å². The molecule has 1 nitrogen and oxygen atoms in total. The van der Waals surface area contributed by atoms with Crippen molar-refractivity contribution in [2.45, 2.75) is 6.61 Å². The van der Waals surface area contributed by atoms with Gasteiger partial charge < -0.3 is 4.74 Å². The normalized spacial score (nSPS) is 10.8. The van der Waals surface area contributed by atoms with Gasteiger partial charge in [-0.25, -0.2) is 0 Å². The fourth-order valence-corrected chi connectivity index (χ4v) is 2.09. The van der Waals surface area contributed by atoms with E-state index in [-0.39, 0.29) is 0 Å². The van der Waals surface area contributed by atoms with Gasteiger partial charge in [0.05, 0.1) is 0 Å². The molecule has 16 heavy (non-hydrogen) atoms. The van der Waals surface area contributed by atoms with Gasteiger partial charge in [0.25, 0.3) is 0 Å². The monoisotopic (exact) mass is 230 g/mol. The van der Waals surface area contributed by atoms with E-state index in [1.807, 2.05) is 30.3 Å². The maximum absolute atomic E-state index is 5.69. The Morgan fingerprint density at radius 1 is 1.00 bits per heavy atom. The molecule has 0 N–H and O–H groups in total. The first kappa shape index (κ1) is 11.2. The smallest absolute Gasteiger partial charge is 0.119 e. The number of hydrogen-bond acceptors (Lipinski definition) is 1. The zero-order valence-corrected chi connectivity index (χ0v) is 10.3. The maximum Gasteiger partial charge on any atom is 0.119 e. The minimum Gasteiger partial charge on any atom is -0.489 e. The van der Waals surface area contributed by atoms with E-state index >= 15 is 0 Å². The van der Waals surface area contributed by atoms with Gasteiger partial charge >= 0.3 is 0 Å². The summed E-state index contributed by atoms with van der Waals surface area (Å²) in [7, 11) is 0.842. The highest BCUT2D eigenvalue weighted by Gasteiger charge is 1.96. The minimum absolute atomic E-state index is 0.641. The first-order valence-electron chi connectivity index (χ1n) is 5.33. The molecule has 0 aromatic heterocycles. The molecule has 0 fully saturated rings. The lowest BCUT2D eigenvalue weighted by Gasteiger charge is -2.07. The van der Waals surface area contributed by atoms with Gasteiger partial charge in [-0.3, -0.25) is 0 Å². The van der Waals surface area contributed by atoms with Crippen LogP contribution in [0.15, 0.2) is 54.6 Å². The van der Waals surface area contributed by atoms with Crippen LogP contribution in [0.4, 0.5) is 0 Å². The molecule has 0 aliphatic carbocycles. The van der Waals surface area contributed by atoms with Crippen LogP contribution in [-0.2, 0) is 6.61 Å². The second kappa shape index (κ2) is 5.67. The molecule has 1 atom stereocenters. The van der Waals surface area contributed by atoms with Crippen molar-refractivity contribution in [2.24, 2.45) is 0 Å². The van der Waals surface area contributed by atoms with E-state index in [0.29, 0.717) is 6.61 Å². The van der Waals surface area contributed by atoms with Crippen molar-refractivity contribution < 1.29 is 4.74 Å². The maximum atomic E-state index is 5.69. The van der Waals surface area contributed by atoms with Crippen molar-refractivity contribution in [1.82, 2.24) is 0 Å². The zero-order valence-electron chi connectivity index (χ0n) is 9.31. The molecule has 2 rings (SSSR count). The standard InChI is InChI=1S/C14H15OP/c1-16-14-9-5-6-12(10-14)11-15-13-7-3-2-4-8-13/h2-10,16H,11H2,1H3. The predicted molar refractivity (Wildman–Crippen MR) is 71.1 cm³/mol. The topological polar surface area (TPSA) is 9.23 Å². The van der Waals surface area contributed by atoms with Gasteiger partial charge in [-0.15, -0.1) is 0 Å². The Morgan fingerprint density at radius 2 is 1.81 bits per heavy atom. The summed E-state index contributed by atoms with van der Waals surface area (Å²) in [5.41, 5.74) is 1.23. The molecule has 1 unspecified atom stereocenters. The summed E-state index contributed by atoms with van der Waals surface area (Å²) in [5.74, 6) is 0.923. The molecular formula is C14H15OP. The van der Waals surface area contributed by atoms with Crippen LogP contribution in [0.25, 0.3) is 0 Å². The minimum atomic E-state index is 0.641. The van der Waals surface area contributed by atoms with Gasteiger partial charge in [-0.1, -0.05) is 45.0 Å². The molecule has 2 heteroatoms. The van der Waals surface area contributed by atoms with Crippen LogP contribution < -0.4 is 10.0 Å². The molecule has 2 aromatic carbocycles. The SMILES string of the molecule is CPc1cccc(COc2ccccc2)c1.